The van der Waals surface area contributed by atoms with E-state index in [4.69, 9.17) is 16.3 Å². The highest BCUT2D eigenvalue weighted by atomic mass is 35.5. The number of halogens is 1. The van der Waals surface area contributed by atoms with Gasteiger partial charge in [-0.3, -0.25) is 4.98 Å². The zero-order chi connectivity index (χ0) is 13.1. The Hall–Kier alpha value is -1.61. The highest BCUT2D eigenvalue weighted by molar-refractivity contribution is 6.29. The van der Waals surface area contributed by atoms with Gasteiger partial charge in [0.25, 0.3) is 0 Å². The van der Waals surface area contributed by atoms with Crippen molar-refractivity contribution in [3.8, 4) is 11.6 Å². The first-order chi connectivity index (χ1) is 8.56. The first-order valence-electron chi connectivity index (χ1n) is 5.82. The Balaban J connectivity index is 2.36. The first-order valence-corrected chi connectivity index (χ1v) is 6.20. The Morgan fingerprint density at radius 3 is 2.67 bits per heavy atom. The van der Waals surface area contributed by atoms with Crippen molar-refractivity contribution < 1.29 is 4.74 Å². The van der Waals surface area contributed by atoms with Crippen LogP contribution in [0.2, 0.25) is 5.15 Å². The second kappa shape index (κ2) is 5.36. The molecule has 0 spiro atoms. The molecule has 1 aromatic carbocycles. The molecule has 0 atom stereocenters. The number of hydrogen-bond acceptors (Lipinski definition) is 3. The molecule has 1 aromatic heterocycles. The van der Waals surface area contributed by atoms with Crippen LogP contribution in [0.3, 0.4) is 0 Å². The van der Waals surface area contributed by atoms with Gasteiger partial charge in [-0.25, -0.2) is 0 Å². The summed E-state index contributed by atoms with van der Waals surface area (Å²) in [5.41, 5.74) is 2.28. The average Bonchev–Trinajstić information content (AvgIpc) is 2.28. The molecule has 94 valence electrons. The van der Waals surface area contributed by atoms with E-state index < -0.39 is 0 Å². The molecular weight excluding hydrogens is 248 g/mol. The van der Waals surface area contributed by atoms with Gasteiger partial charge in [0.15, 0.2) is 5.15 Å². The molecule has 1 heterocycles. The van der Waals surface area contributed by atoms with Gasteiger partial charge in [-0.05, 0) is 30.0 Å². The Morgan fingerprint density at radius 2 is 2.00 bits per heavy atom. The van der Waals surface area contributed by atoms with Crippen molar-refractivity contribution in [2.45, 2.75) is 26.7 Å². The third-order valence-electron chi connectivity index (χ3n) is 2.59. The lowest BCUT2D eigenvalue weighted by Gasteiger charge is -2.13. The van der Waals surface area contributed by atoms with Crippen LogP contribution in [0.25, 0.3) is 0 Å². The zero-order valence-electron chi connectivity index (χ0n) is 10.6. The minimum atomic E-state index is 0.325. The largest absolute Gasteiger partial charge is 0.437 e. The summed E-state index contributed by atoms with van der Waals surface area (Å²) in [6.45, 7) is 6.28. The van der Waals surface area contributed by atoms with Crippen molar-refractivity contribution in [3.63, 3.8) is 0 Å². The lowest BCUT2D eigenvalue weighted by Crippen LogP contribution is -1.96. The molecular formula is C14H15ClN2O. The summed E-state index contributed by atoms with van der Waals surface area (Å²) in [7, 11) is 0. The van der Waals surface area contributed by atoms with E-state index in [-0.39, 0.29) is 0 Å². The fourth-order valence-electron chi connectivity index (χ4n) is 1.69. The molecule has 0 N–H and O–H groups in total. The van der Waals surface area contributed by atoms with Gasteiger partial charge in [0.05, 0.1) is 12.4 Å². The van der Waals surface area contributed by atoms with E-state index in [9.17, 15) is 0 Å². The third kappa shape index (κ3) is 2.99. The number of rotatable bonds is 3. The molecule has 0 unspecified atom stereocenters. The third-order valence-corrected chi connectivity index (χ3v) is 2.77. The fraction of sp³-hybridized carbons (Fsp3) is 0.286. The quantitative estimate of drug-likeness (QED) is 0.825. The minimum Gasteiger partial charge on any atom is -0.437 e. The summed E-state index contributed by atoms with van der Waals surface area (Å²) < 4.78 is 5.77. The van der Waals surface area contributed by atoms with Crippen LogP contribution in [-0.2, 0) is 0 Å². The summed E-state index contributed by atoms with van der Waals surface area (Å²) in [5, 5.41) is 0.325. The summed E-state index contributed by atoms with van der Waals surface area (Å²) >= 11 is 5.79. The predicted molar refractivity (Wildman–Crippen MR) is 72.4 cm³/mol. The van der Waals surface area contributed by atoms with Crippen LogP contribution < -0.4 is 4.74 Å². The van der Waals surface area contributed by atoms with E-state index in [2.05, 4.69) is 35.9 Å². The number of nitrogens with zero attached hydrogens (tertiary/aromatic N) is 2. The molecule has 2 aromatic rings. The number of ether oxygens (including phenoxy) is 1. The maximum absolute atomic E-state index is 5.79. The van der Waals surface area contributed by atoms with E-state index in [0.29, 0.717) is 17.0 Å². The molecule has 0 radical (unpaired) electrons. The average molecular weight is 263 g/mol. The molecule has 4 heteroatoms. The van der Waals surface area contributed by atoms with Crippen molar-refractivity contribution >= 4 is 11.6 Å². The molecule has 0 fully saturated rings. The Morgan fingerprint density at radius 1 is 1.22 bits per heavy atom. The van der Waals surface area contributed by atoms with Crippen molar-refractivity contribution in [3.05, 3.63) is 46.9 Å². The zero-order valence-corrected chi connectivity index (χ0v) is 11.4. The maximum atomic E-state index is 5.79. The van der Waals surface area contributed by atoms with Crippen LogP contribution >= 0.6 is 11.6 Å². The van der Waals surface area contributed by atoms with Gasteiger partial charge in [-0.1, -0.05) is 37.6 Å². The Kier molecular flexibility index (Phi) is 3.82. The lowest BCUT2D eigenvalue weighted by molar-refractivity contribution is 0.451. The molecule has 0 aliphatic rings. The van der Waals surface area contributed by atoms with Crippen LogP contribution in [0.1, 0.15) is 30.9 Å². The molecule has 0 aliphatic carbocycles. The normalized spacial score (nSPS) is 10.7. The summed E-state index contributed by atoms with van der Waals surface area (Å²) in [4.78, 5) is 8.04. The van der Waals surface area contributed by atoms with E-state index in [1.165, 1.54) is 6.20 Å². The van der Waals surface area contributed by atoms with Crippen LogP contribution in [-0.4, -0.2) is 9.97 Å². The van der Waals surface area contributed by atoms with Crippen molar-refractivity contribution in [1.82, 2.24) is 9.97 Å². The smallest absolute Gasteiger partial charge is 0.239 e. The summed E-state index contributed by atoms with van der Waals surface area (Å²) in [6.07, 6.45) is 3.03. The predicted octanol–water partition coefficient (Wildman–Crippen LogP) is 4.35. The number of benzene rings is 1. The molecule has 0 saturated heterocycles. The van der Waals surface area contributed by atoms with Crippen molar-refractivity contribution in [2.75, 3.05) is 0 Å². The molecule has 0 amide bonds. The van der Waals surface area contributed by atoms with E-state index >= 15 is 0 Å². The fourth-order valence-corrected chi connectivity index (χ4v) is 1.83. The lowest BCUT2D eigenvalue weighted by atomic mass is 10.0. The van der Waals surface area contributed by atoms with Crippen LogP contribution in [0.5, 0.6) is 11.6 Å². The topological polar surface area (TPSA) is 35.0 Å². The molecule has 0 saturated carbocycles. The summed E-state index contributed by atoms with van der Waals surface area (Å²) in [6, 6.07) is 6.15. The number of hydrogen-bond donors (Lipinski definition) is 0. The van der Waals surface area contributed by atoms with E-state index in [1.54, 1.807) is 6.20 Å². The van der Waals surface area contributed by atoms with Gasteiger partial charge < -0.3 is 4.74 Å². The van der Waals surface area contributed by atoms with E-state index in [1.807, 2.05) is 13.0 Å². The van der Waals surface area contributed by atoms with Crippen LogP contribution in [0, 0.1) is 6.92 Å². The second-order valence-electron chi connectivity index (χ2n) is 4.48. The molecule has 3 nitrogen and oxygen atoms in total. The Bertz CT molecular complexity index is 555. The summed E-state index contributed by atoms with van der Waals surface area (Å²) in [5.74, 6) is 1.60. The highest BCUT2D eigenvalue weighted by Crippen LogP contribution is 2.30. The van der Waals surface area contributed by atoms with Gasteiger partial charge in [-0.2, -0.15) is 4.98 Å². The van der Waals surface area contributed by atoms with Gasteiger partial charge in [0, 0.05) is 0 Å². The molecule has 18 heavy (non-hydrogen) atoms. The van der Waals surface area contributed by atoms with Gasteiger partial charge >= 0.3 is 0 Å². The highest BCUT2D eigenvalue weighted by Gasteiger charge is 2.10. The molecule has 0 bridgehead atoms. The monoisotopic (exact) mass is 262 g/mol. The van der Waals surface area contributed by atoms with Crippen LogP contribution in [0.4, 0.5) is 0 Å². The number of aromatic nitrogens is 2. The molecule has 2 rings (SSSR count). The van der Waals surface area contributed by atoms with E-state index in [0.717, 1.165) is 16.9 Å². The molecule has 0 aliphatic heterocycles. The number of aryl methyl sites for hydroxylation is 1. The maximum Gasteiger partial charge on any atom is 0.239 e. The second-order valence-corrected chi connectivity index (χ2v) is 4.87. The first kappa shape index (κ1) is 12.8. The van der Waals surface area contributed by atoms with Gasteiger partial charge in [-0.15, -0.1) is 0 Å². The van der Waals surface area contributed by atoms with Crippen molar-refractivity contribution in [2.24, 2.45) is 0 Å². The van der Waals surface area contributed by atoms with Crippen LogP contribution in [0.15, 0.2) is 30.6 Å². The Labute approximate surface area is 112 Å². The standard InChI is InChI=1S/C14H15ClN2O/c1-9(2)11-5-4-10(3)6-12(11)18-14-8-16-7-13(15)17-14/h4-9H,1-3H3. The van der Waals surface area contributed by atoms with Crippen molar-refractivity contribution in [1.29, 1.82) is 0 Å². The SMILES string of the molecule is Cc1ccc(C(C)C)c(Oc2cncc(Cl)n2)c1. The van der Waals surface area contributed by atoms with Gasteiger partial charge in [0.2, 0.25) is 5.88 Å². The van der Waals surface area contributed by atoms with Gasteiger partial charge in [0.1, 0.15) is 5.75 Å². The minimum absolute atomic E-state index is 0.325.